The van der Waals surface area contributed by atoms with Crippen LogP contribution in [0.4, 0.5) is 5.69 Å². The minimum Gasteiger partial charge on any atom is -0.486 e. The molecule has 3 aliphatic heterocycles. The lowest BCUT2D eigenvalue weighted by Crippen LogP contribution is -2.35. The Labute approximate surface area is 213 Å². The molecule has 0 spiro atoms. The van der Waals surface area contributed by atoms with Gasteiger partial charge in [0.05, 0.1) is 11.2 Å². The van der Waals surface area contributed by atoms with Gasteiger partial charge in [0.2, 0.25) is 0 Å². The first-order valence-electron chi connectivity index (χ1n) is 12.8. The van der Waals surface area contributed by atoms with E-state index in [1.54, 1.807) is 4.90 Å². The van der Waals surface area contributed by atoms with E-state index in [4.69, 9.17) is 14.2 Å². The van der Waals surface area contributed by atoms with Crippen molar-refractivity contribution in [2.45, 2.75) is 32.6 Å². The van der Waals surface area contributed by atoms with Crippen LogP contribution >= 0.6 is 0 Å². The Morgan fingerprint density at radius 2 is 1.72 bits per heavy atom. The normalized spacial score (nSPS) is 17.8. The number of hydrogen-bond donors (Lipinski definition) is 0. The van der Waals surface area contributed by atoms with Gasteiger partial charge in [-0.15, -0.1) is 0 Å². The van der Waals surface area contributed by atoms with Crippen LogP contribution in [0.2, 0.25) is 0 Å². The molecule has 1 saturated heterocycles. The minimum absolute atomic E-state index is 0.0231. The van der Waals surface area contributed by atoms with E-state index < -0.39 is 0 Å². The maximum Gasteiger partial charge on any atom is 0.264 e. The molecule has 0 saturated carbocycles. The van der Waals surface area contributed by atoms with E-state index in [-0.39, 0.29) is 12.5 Å². The topological polar surface area (TPSA) is 64.1 Å². The standard InChI is InChI=1S/C17H24N2O2.C12H11NO2/c1-18-9-7-13(8-10-18)3-4-14-5-6-16-15(11-14)19(2)17(20)12-21-16;1-8-2-3-9-10(13-8)4-5-11-12(9)15-7-6-14-11/h5-6,11,13H,3-4,7-10,12H2,1-2H3;2-5H,6-7H2,1H3. The maximum atomic E-state index is 11.7. The van der Waals surface area contributed by atoms with Gasteiger partial charge in [-0.1, -0.05) is 6.07 Å². The molecule has 0 radical (unpaired) electrons. The number of piperidine rings is 1. The first kappa shape index (κ1) is 24.4. The summed E-state index contributed by atoms with van der Waals surface area (Å²) in [6.45, 7) is 5.81. The lowest BCUT2D eigenvalue weighted by molar-refractivity contribution is -0.120. The van der Waals surface area contributed by atoms with Crippen LogP contribution in [0.1, 0.15) is 30.5 Å². The summed E-state index contributed by atoms with van der Waals surface area (Å²) in [6.07, 6.45) is 4.95. The van der Waals surface area contributed by atoms with Crippen molar-refractivity contribution < 1.29 is 19.0 Å². The number of pyridine rings is 1. The molecule has 7 heteroatoms. The summed E-state index contributed by atoms with van der Waals surface area (Å²) in [5.74, 6) is 3.33. The van der Waals surface area contributed by atoms with E-state index >= 15 is 0 Å². The number of likely N-dealkylation sites (N-methyl/N-ethyl adjacent to an activating group) is 1. The van der Waals surface area contributed by atoms with Gasteiger partial charge < -0.3 is 24.0 Å². The molecule has 0 N–H and O–H groups in total. The monoisotopic (exact) mass is 489 g/mol. The molecule has 1 amide bonds. The third-order valence-corrected chi connectivity index (χ3v) is 7.30. The number of fused-ring (bicyclic) bond motifs is 4. The van der Waals surface area contributed by atoms with Crippen molar-refractivity contribution in [2.24, 2.45) is 5.92 Å². The Morgan fingerprint density at radius 1 is 0.944 bits per heavy atom. The van der Waals surface area contributed by atoms with Crippen LogP contribution in [0.15, 0.2) is 42.5 Å². The van der Waals surface area contributed by atoms with E-state index in [1.165, 1.54) is 37.9 Å². The van der Waals surface area contributed by atoms with E-state index in [0.29, 0.717) is 13.2 Å². The van der Waals surface area contributed by atoms with E-state index in [9.17, 15) is 4.79 Å². The Hall–Kier alpha value is -3.32. The summed E-state index contributed by atoms with van der Waals surface area (Å²) in [4.78, 5) is 20.3. The van der Waals surface area contributed by atoms with Gasteiger partial charge in [0, 0.05) is 18.1 Å². The van der Waals surface area contributed by atoms with Crippen molar-refractivity contribution in [2.75, 3.05) is 51.9 Å². The molecular formula is C29H35N3O4. The number of likely N-dealkylation sites (tertiary alicyclic amines) is 1. The van der Waals surface area contributed by atoms with Crippen molar-refractivity contribution in [1.29, 1.82) is 0 Å². The van der Waals surface area contributed by atoms with Gasteiger partial charge in [0.25, 0.3) is 5.91 Å². The number of hydrogen-bond acceptors (Lipinski definition) is 6. The predicted octanol–water partition coefficient (Wildman–Crippen LogP) is 4.63. The molecule has 1 fully saturated rings. The van der Waals surface area contributed by atoms with Gasteiger partial charge in [0.15, 0.2) is 18.1 Å². The first-order valence-corrected chi connectivity index (χ1v) is 12.8. The lowest BCUT2D eigenvalue weighted by atomic mass is 9.90. The fourth-order valence-corrected chi connectivity index (χ4v) is 5.01. The number of aromatic nitrogens is 1. The predicted molar refractivity (Wildman–Crippen MR) is 141 cm³/mol. The molecule has 6 rings (SSSR count). The highest BCUT2D eigenvalue weighted by Gasteiger charge is 2.23. The number of carbonyl (C=O) groups excluding carboxylic acids is 1. The second-order valence-corrected chi connectivity index (χ2v) is 9.94. The third-order valence-electron chi connectivity index (χ3n) is 7.30. The van der Waals surface area contributed by atoms with Crippen LogP contribution < -0.4 is 19.1 Å². The number of aryl methyl sites for hydroxylation is 2. The molecule has 3 aromatic rings. The molecule has 36 heavy (non-hydrogen) atoms. The Morgan fingerprint density at radius 3 is 2.56 bits per heavy atom. The number of carbonyl (C=O) groups is 1. The lowest BCUT2D eigenvalue weighted by Gasteiger charge is -2.29. The Kier molecular flexibility index (Phi) is 7.28. The maximum absolute atomic E-state index is 11.7. The average molecular weight is 490 g/mol. The Balaban J connectivity index is 0.000000156. The minimum atomic E-state index is 0.0231. The largest absolute Gasteiger partial charge is 0.486 e. The molecule has 0 bridgehead atoms. The van der Waals surface area contributed by atoms with Gasteiger partial charge in [-0.2, -0.15) is 0 Å². The summed E-state index contributed by atoms with van der Waals surface area (Å²) in [7, 11) is 4.02. The molecule has 0 unspecified atom stereocenters. The number of ether oxygens (including phenoxy) is 3. The van der Waals surface area contributed by atoms with Gasteiger partial charge in [-0.25, -0.2) is 0 Å². The van der Waals surface area contributed by atoms with Crippen LogP contribution in [0.5, 0.6) is 17.2 Å². The van der Waals surface area contributed by atoms with Crippen LogP contribution in [-0.4, -0.2) is 62.8 Å². The summed E-state index contributed by atoms with van der Waals surface area (Å²) in [5.41, 5.74) is 4.18. The van der Waals surface area contributed by atoms with Crippen LogP contribution in [0, 0.1) is 12.8 Å². The van der Waals surface area contributed by atoms with Gasteiger partial charge in [-0.05, 0) is 101 Å². The summed E-state index contributed by atoms with van der Waals surface area (Å²) < 4.78 is 16.6. The average Bonchev–Trinajstić information content (AvgIpc) is 2.91. The van der Waals surface area contributed by atoms with Crippen molar-refractivity contribution >= 4 is 22.5 Å². The Bertz CT molecular complexity index is 1240. The zero-order chi connectivity index (χ0) is 25.1. The second kappa shape index (κ2) is 10.7. The van der Waals surface area contributed by atoms with Crippen molar-refractivity contribution in [3.8, 4) is 17.2 Å². The number of amides is 1. The molecule has 4 heterocycles. The van der Waals surface area contributed by atoms with E-state index in [2.05, 4.69) is 29.1 Å². The van der Waals surface area contributed by atoms with Crippen LogP contribution in [-0.2, 0) is 11.2 Å². The molecule has 190 valence electrons. The molecule has 1 aromatic heterocycles. The smallest absolute Gasteiger partial charge is 0.264 e. The summed E-state index contributed by atoms with van der Waals surface area (Å²) in [5, 5.41) is 1.03. The fourth-order valence-electron chi connectivity index (χ4n) is 5.01. The highest BCUT2D eigenvalue weighted by molar-refractivity contribution is 5.97. The molecule has 7 nitrogen and oxygen atoms in total. The number of rotatable bonds is 3. The zero-order valence-electron chi connectivity index (χ0n) is 21.5. The first-order chi connectivity index (χ1) is 17.5. The molecule has 0 aliphatic carbocycles. The molecule has 2 aromatic carbocycles. The second-order valence-electron chi connectivity index (χ2n) is 9.94. The van der Waals surface area contributed by atoms with E-state index in [1.807, 2.05) is 44.3 Å². The summed E-state index contributed by atoms with van der Waals surface area (Å²) >= 11 is 0. The van der Waals surface area contributed by atoms with Crippen molar-refractivity contribution in [3.63, 3.8) is 0 Å². The highest BCUT2D eigenvalue weighted by atomic mass is 16.6. The number of benzene rings is 2. The van der Waals surface area contributed by atoms with E-state index in [0.717, 1.165) is 51.9 Å². The number of nitrogens with zero attached hydrogens (tertiary/aromatic N) is 3. The van der Waals surface area contributed by atoms with Crippen molar-refractivity contribution in [3.05, 3.63) is 53.7 Å². The van der Waals surface area contributed by atoms with Gasteiger partial charge in [-0.3, -0.25) is 9.78 Å². The quantitative estimate of drug-likeness (QED) is 0.535. The third kappa shape index (κ3) is 5.41. The van der Waals surface area contributed by atoms with Gasteiger partial charge in [0.1, 0.15) is 19.0 Å². The van der Waals surface area contributed by atoms with Crippen LogP contribution in [0.3, 0.4) is 0 Å². The van der Waals surface area contributed by atoms with Crippen molar-refractivity contribution in [1.82, 2.24) is 9.88 Å². The van der Waals surface area contributed by atoms with Crippen LogP contribution in [0.25, 0.3) is 10.9 Å². The molecule has 0 atom stereocenters. The fraction of sp³-hybridized carbons (Fsp3) is 0.448. The van der Waals surface area contributed by atoms with Gasteiger partial charge >= 0.3 is 0 Å². The molecular weight excluding hydrogens is 454 g/mol. The SMILES string of the molecule is CN1CCC(CCc2ccc3c(c2)N(C)C(=O)CO3)CC1.Cc1ccc2c3c(ccc2n1)OCCO3. The highest BCUT2D eigenvalue weighted by Crippen LogP contribution is 2.37. The number of anilines is 1. The zero-order valence-corrected chi connectivity index (χ0v) is 21.5. The summed E-state index contributed by atoms with van der Waals surface area (Å²) in [6, 6.07) is 14.2. The molecule has 3 aliphatic rings.